The van der Waals surface area contributed by atoms with E-state index in [2.05, 4.69) is 10.6 Å². The number of ether oxygens (including phenoxy) is 5. The highest BCUT2D eigenvalue weighted by atomic mass is 16.5. The van der Waals surface area contributed by atoms with Gasteiger partial charge in [0.2, 0.25) is 5.75 Å². The zero-order chi connectivity index (χ0) is 21.6. The van der Waals surface area contributed by atoms with E-state index in [1.165, 1.54) is 33.5 Å². The summed E-state index contributed by atoms with van der Waals surface area (Å²) in [6.07, 6.45) is 0. The number of benzene rings is 1. The molecule has 0 saturated carbocycles. The van der Waals surface area contributed by atoms with Crippen LogP contribution in [0.15, 0.2) is 23.4 Å². The fraction of sp³-hybridized carbons (Fsp3) is 0.421. The lowest BCUT2D eigenvalue weighted by molar-refractivity contribution is -0.139. The zero-order valence-electron chi connectivity index (χ0n) is 16.9. The van der Waals surface area contributed by atoms with E-state index in [1.807, 2.05) is 0 Å². The van der Waals surface area contributed by atoms with E-state index < -0.39 is 24.0 Å². The Labute approximate surface area is 168 Å². The van der Waals surface area contributed by atoms with Gasteiger partial charge in [-0.1, -0.05) is 0 Å². The van der Waals surface area contributed by atoms with E-state index in [0.29, 0.717) is 5.75 Å². The Morgan fingerprint density at radius 1 is 1.00 bits per heavy atom. The van der Waals surface area contributed by atoms with E-state index >= 15 is 0 Å². The maximum absolute atomic E-state index is 12.5. The molecule has 1 aromatic rings. The van der Waals surface area contributed by atoms with Crippen LogP contribution < -0.4 is 24.8 Å². The maximum atomic E-state index is 12.5. The number of carbonyl (C=O) groups is 3. The van der Waals surface area contributed by atoms with Crippen LogP contribution in [0.2, 0.25) is 0 Å². The highest BCUT2D eigenvalue weighted by Crippen LogP contribution is 2.38. The molecule has 10 nitrogen and oxygen atoms in total. The number of urea groups is 1. The Morgan fingerprint density at radius 3 is 2.14 bits per heavy atom. The number of esters is 2. The molecule has 2 amide bonds. The molecule has 0 bridgehead atoms. The van der Waals surface area contributed by atoms with Crippen molar-refractivity contribution in [2.75, 3.05) is 34.5 Å². The molecule has 1 atom stereocenters. The second kappa shape index (κ2) is 9.67. The summed E-state index contributed by atoms with van der Waals surface area (Å²) < 4.78 is 26.0. The molecule has 1 aliphatic rings. The van der Waals surface area contributed by atoms with Crippen LogP contribution in [0.3, 0.4) is 0 Å². The number of methoxy groups -OCH3 is 3. The average Bonchev–Trinajstić information content (AvgIpc) is 2.70. The van der Waals surface area contributed by atoms with E-state index in [4.69, 9.17) is 23.7 Å². The molecule has 2 N–H and O–H groups in total. The Hall–Kier alpha value is -3.43. The van der Waals surface area contributed by atoms with Gasteiger partial charge in [-0.3, -0.25) is 0 Å². The van der Waals surface area contributed by atoms with Gasteiger partial charge < -0.3 is 34.3 Å². The van der Waals surface area contributed by atoms with Crippen LogP contribution in [0, 0.1) is 0 Å². The molecule has 0 unspecified atom stereocenters. The van der Waals surface area contributed by atoms with Crippen LogP contribution in [0.1, 0.15) is 24.2 Å². The van der Waals surface area contributed by atoms with E-state index in [9.17, 15) is 14.4 Å². The monoisotopic (exact) mass is 408 g/mol. The Kier molecular flexibility index (Phi) is 7.29. The lowest BCUT2D eigenvalue weighted by Crippen LogP contribution is -2.50. The van der Waals surface area contributed by atoms with Gasteiger partial charge in [0.25, 0.3) is 0 Å². The number of nitrogens with one attached hydrogen (secondary N) is 2. The first-order valence-corrected chi connectivity index (χ1v) is 8.81. The molecule has 1 aromatic carbocycles. The molecule has 0 saturated heterocycles. The van der Waals surface area contributed by atoms with Crippen molar-refractivity contribution in [3.05, 3.63) is 29.0 Å². The molecule has 2 rings (SSSR count). The summed E-state index contributed by atoms with van der Waals surface area (Å²) in [5.74, 6) is -0.409. The van der Waals surface area contributed by atoms with E-state index in [0.717, 1.165) is 0 Å². The minimum Gasteiger partial charge on any atom is -0.493 e. The fourth-order valence-corrected chi connectivity index (χ4v) is 2.81. The third kappa shape index (κ3) is 4.89. The normalized spacial score (nSPS) is 15.8. The standard InChI is InChI=1S/C19H24N2O8/c1-6-28-18(23)15-10(2)20-19(24)21-12(15)9-29-17(22)11-7-13(25-3)16(27-5)14(8-11)26-4/h7-8,10H,6,9H2,1-5H3,(H2,20,21,24)/t10-/m1/s1. The van der Waals surface area contributed by atoms with Crippen LogP contribution in [-0.4, -0.2) is 58.6 Å². The van der Waals surface area contributed by atoms with Crippen LogP contribution in [0.4, 0.5) is 4.79 Å². The summed E-state index contributed by atoms with van der Waals surface area (Å²) in [5, 5.41) is 5.05. The number of hydrogen-bond acceptors (Lipinski definition) is 8. The van der Waals surface area contributed by atoms with Gasteiger partial charge in [-0.2, -0.15) is 0 Å². The Balaban J connectivity index is 2.27. The van der Waals surface area contributed by atoms with Crippen molar-refractivity contribution in [2.24, 2.45) is 0 Å². The Bertz CT molecular complexity index is 808. The molecule has 0 fully saturated rings. The van der Waals surface area contributed by atoms with E-state index in [-0.39, 0.29) is 41.5 Å². The van der Waals surface area contributed by atoms with Crippen LogP contribution in [0.25, 0.3) is 0 Å². The van der Waals surface area contributed by atoms with Gasteiger partial charge in [0.05, 0.1) is 50.8 Å². The minimum absolute atomic E-state index is 0.145. The van der Waals surface area contributed by atoms with Crippen LogP contribution in [-0.2, 0) is 14.3 Å². The predicted octanol–water partition coefficient (Wildman–Crippen LogP) is 1.39. The van der Waals surface area contributed by atoms with Crippen molar-refractivity contribution in [2.45, 2.75) is 19.9 Å². The maximum Gasteiger partial charge on any atom is 0.338 e. The van der Waals surface area contributed by atoms with Gasteiger partial charge >= 0.3 is 18.0 Å². The summed E-state index contributed by atoms with van der Waals surface area (Å²) in [7, 11) is 4.30. The smallest absolute Gasteiger partial charge is 0.338 e. The lowest BCUT2D eigenvalue weighted by Gasteiger charge is -2.26. The molecule has 0 aliphatic carbocycles. The molecule has 10 heteroatoms. The van der Waals surface area contributed by atoms with Gasteiger partial charge in [0.1, 0.15) is 6.61 Å². The average molecular weight is 408 g/mol. The van der Waals surface area contributed by atoms with Crippen molar-refractivity contribution in [1.29, 1.82) is 0 Å². The third-order valence-corrected chi connectivity index (χ3v) is 4.11. The molecule has 29 heavy (non-hydrogen) atoms. The molecule has 0 spiro atoms. The summed E-state index contributed by atoms with van der Waals surface area (Å²) in [4.78, 5) is 36.5. The quantitative estimate of drug-likeness (QED) is 0.619. The second-order valence-electron chi connectivity index (χ2n) is 5.92. The minimum atomic E-state index is -0.708. The first-order chi connectivity index (χ1) is 13.9. The molecular weight excluding hydrogens is 384 g/mol. The van der Waals surface area contributed by atoms with Crippen molar-refractivity contribution in [3.63, 3.8) is 0 Å². The van der Waals surface area contributed by atoms with Crippen molar-refractivity contribution in [1.82, 2.24) is 10.6 Å². The van der Waals surface area contributed by atoms with Crippen molar-refractivity contribution in [3.8, 4) is 17.2 Å². The number of rotatable bonds is 8. The second-order valence-corrected chi connectivity index (χ2v) is 5.92. The highest BCUT2D eigenvalue weighted by Gasteiger charge is 2.30. The molecule has 1 heterocycles. The highest BCUT2D eigenvalue weighted by molar-refractivity contribution is 5.95. The zero-order valence-corrected chi connectivity index (χ0v) is 16.9. The summed E-state index contributed by atoms with van der Waals surface area (Å²) in [5.41, 5.74) is 0.482. The van der Waals surface area contributed by atoms with Gasteiger partial charge in [0.15, 0.2) is 11.5 Å². The van der Waals surface area contributed by atoms with Crippen molar-refractivity contribution >= 4 is 18.0 Å². The molecule has 0 radical (unpaired) electrons. The lowest BCUT2D eigenvalue weighted by atomic mass is 10.0. The molecule has 0 aromatic heterocycles. The SMILES string of the molecule is CCOC(=O)C1=C(COC(=O)c2cc(OC)c(OC)c(OC)c2)NC(=O)N[C@@H]1C. The van der Waals surface area contributed by atoms with Gasteiger partial charge in [-0.25, -0.2) is 14.4 Å². The summed E-state index contributed by atoms with van der Waals surface area (Å²) >= 11 is 0. The fourth-order valence-electron chi connectivity index (χ4n) is 2.81. The van der Waals surface area contributed by atoms with Gasteiger partial charge in [-0.15, -0.1) is 0 Å². The number of hydrogen-bond donors (Lipinski definition) is 2. The molecular formula is C19H24N2O8. The largest absolute Gasteiger partial charge is 0.493 e. The summed E-state index contributed by atoms with van der Waals surface area (Å²) in [6.45, 7) is 3.14. The van der Waals surface area contributed by atoms with Gasteiger partial charge in [0, 0.05) is 0 Å². The first-order valence-electron chi connectivity index (χ1n) is 8.81. The van der Waals surface area contributed by atoms with Crippen LogP contribution >= 0.6 is 0 Å². The van der Waals surface area contributed by atoms with Crippen LogP contribution in [0.5, 0.6) is 17.2 Å². The predicted molar refractivity (Wildman–Crippen MR) is 101 cm³/mol. The third-order valence-electron chi connectivity index (χ3n) is 4.11. The molecule has 1 aliphatic heterocycles. The number of amides is 2. The molecule has 158 valence electrons. The Morgan fingerprint density at radius 2 is 1.62 bits per heavy atom. The number of carbonyl (C=O) groups excluding carboxylic acids is 3. The van der Waals surface area contributed by atoms with Gasteiger partial charge in [-0.05, 0) is 26.0 Å². The topological polar surface area (TPSA) is 121 Å². The summed E-state index contributed by atoms with van der Waals surface area (Å²) in [6, 6.07) is 1.77. The van der Waals surface area contributed by atoms with E-state index in [1.54, 1.807) is 13.8 Å². The van der Waals surface area contributed by atoms with Crippen molar-refractivity contribution < 1.29 is 38.1 Å². The first kappa shape index (κ1) is 21.9.